The Bertz CT molecular complexity index is 963. The zero-order valence-corrected chi connectivity index (χ0v) is 18.9. The summed E-state index contributed by atoms with van der Waals surface area (Å²) >= 11 is 0. The van der Waals surface area contributed by atoms with Gasteiger partial charge in [-0.05, 0) is 55.1 Å². The number of urea groups is 1. The van der Waals surface area contributed by atoms with Crippen molar-refractivity contribution in [3.63, 3.8) is 0 Å². The Kier molecular flexibility index (Phi) is 6.61. The number of rotatable bonds is 7. The van der Waals surface area contributed by atoms with Gasteiger partial charge in [-0.25, -0.2) is 4.79 Å². The molecular weight excluding hydrogens is 400 g/mol. The number of piperidine rings is 1. The van der Waals surface area contributed by atoms with Crippen molar-refractivity contribution in [1.29, 1.82) is 0 Å². The standard InChI is InChI=1S/C26H32N4O2/c1-29(2)23-12-10-20(11-13-23)9-6-16-30-17-14-22(15-18-30)26(24(31)27-25(32)28-26)19-21-7-4-3-5-8-21/h3-13,22H,14-19H2,1-2H3,(H2,27,28,31,32)/b9-6+/t26-/m0/s1. The van der Waals surface area contributed by atoms with Crippen LogP contribution in [0.1, 0.15) is 24.0 Å². The molecule has 0 aliphatic carbocycles. The molecule has 6 nitrogen and oxygen atoms in total. The van der Waals surface area contributed by atoms with Gasteiger partial charge in [-0.3, -0.25) is 15.0 Å². The lowest BCUT2D eigenvalue weighted by molar-refractivity contribution is -0.126. The fourth-order valence-electron chi connectivity index (χ4n) is 4.81. The second-order valence-electron chi connectivity index (χ2n) is 9.01. The average molecular weight is 433 g/mol. The second-order valence-corrected chi connectivity index (χ2v) is 9.01. The summed E-state index contributed by atoms with van der Waals surface area (Å²) in [7, 11) is 4.08. The number of carbonyl (C=O) groups excluding carboxylic acids is 2. The van der Waals surface area contributed by atoms with Crippen molar-refractivity contribution in [2.75, 3.05) is 38.6 Å². The highest BCUT2D eigenvalue weighted by atomic mass is 16.2. The number of amides is 3. The molecule has 1 atom stereocenters. The summed E-state index contributed by atoms with van der Waals surface area (Å²) in [6.45, 7) is 2.70. The van der Waals surface area contributed by atoms with Crippen molar-refractivity contribution < 1.29 is 9.59 Å². The van der Waals surface area contributed by atoms with Crippen LogP contribution >= 0.6 is 0 Å². The smallest absolute Gasteiger partial charge is 0.322 e. The van der Waals surface area contributed by atoms with Gasteiger partial charge in [-0.2, -0.15) is 0 Å². The van der Waals surface area contributed by atoms with E-state index in [9.17, 15) is 9.59 Å². The molecule has 3 amide bonds. The molecule has 2 aromatic rings. The Morgan fingerprint density at radius 2 is 1.72 bits per heavy atom. The first-order valence-electron chi connectivity index (χ1n) is 11.3. The van der Waals surface area contributed by atoms with E-state index in [1.165, 1.54) is 11.3 Å². The molecule has 0 saturated carbocycles. The number of hydrogen-bond acceptors (Lipinski definition) is 4. The minimum Gasteiger partial charge on any atom is -0.378 e. The van der Waals surface area contributed by atoms with Crippen LogP contribution in [0.15, 0.2) is 60.7 Å². The first-order valence-corrected chi connectivity index (χ1v) is 11.3. The summed E-state index contributed by atoms with van der Waals surface area (Å²) in [5, 5.41) is 5.47. The van der Waals surface area contributed by atoms with Crippen LogP contribution in [0.25, 0.3) is 6.08 Å². The Morgan fingerprint density at radius 3 is 2.31 bits per heavy atom. The second kappa shape index (κ2) is 9.57. The molecule has 2 aromatic carbocycles. The van der Waals surface area contributed by atoms with Crippen LogP contribution in [0.3, 0.4) is 0 Å². The zero-order chi connectivity index (χ0) is 22.6. The maximum Gasteiger partial charge on any atom is 0.322 e. The van der Waals surface area contributed by atoms with E-state index in [1.54, 1.807) is 0 Å². The first kappa shape index (κ1) is 22.1. The maximum absolute atomic E-state index is 12.9. The molecule has 0 unspecified atom stereocenters. The highest BCUT2D eigenvalue weighted by molar-refractivity contribution is 6.07. The molecule has 32 heavy (non-hydrogen) atoms. The molecule has 168 valence electrons. The van der Waals surface area contributed by atoms with Gasteiger partial charge >= 0.3 is 6.03 Å². The maximum atomic E-state index is 12.9. The van der Waals surface area contributed by atoms with Gasteiger partial charge < -0.3 is 10.2 Å². The normalized spacial score (nSPS) is 22.2. The third-order valence-corrected chi connectivity index (χ3v) is 6.66. The predicted octanol–water partition coefficient (Wildman–Crippen LogP) is 3.30. The highest BCUT2D eigenvalue weighted by Gasteiger charge is 2.52. The number of nitrogens with zero attached hydrogens (tertiary/aromatic N) is 2. The van der Waals surface area contributed by atoms with Crippen molar-refractivity contribution in [3.8, 4) is 0 Å². The summed E-state index contributed by atoms with van der Waals surface area (Å²) in [5.74, 6) is -0.0705. The van der Waals surface area contributed by atoms with E-state index in [0.29, 0.717) is 6.42 Å². The number of hydrogen-bond donors (Lipinski definition) is 2. The summed E-state index contributed by atoms with van der Waals surface area (Å²) in [6, 6.07) is 18.1. The average Bonchev–Trinajstić information content (AvgIpc) is 3.08. The van der Waals surface area contributed by atoms with Crippen LogP contribution < -0.4 is 15.5 Å². The number of nitrogens with one attached hydrogen (secondary N) is 2. The number of likely N-dealkylation sites (tertiary alicyclic amines) is 1. The highest BCUT2D eigenvalue weighted by Crippen LogP contribution is 2.34. The van der Waals surface area contributed by atoms with Crippen LogP contribution in [0.4, 0.5) is 10.5 Å². The van der Waals surface area contributed by atoms with Crippen molar-refractivity contribution in [2.45, 2.75) is 24.8 Å². The molecule has 2 N–H and O–H groups in total. The molecule has 6 heteroatoms. The Labute approximate surface area is 190 Å². The van der Waals surface area contributed by atoms with Gasteiger partial charge in [0.2, 0.25) is 0 Å². The number of anilines is 1. The number of carbonyl (C=O) groups is 2. The topological polar surface area (TPSA) is 64.7 Å². The van der Waals surface area contributed by atoms with Gasteiger partial charge in [0.15, 0.2) is 0 Å². The molecule has 2 heterocycles. The van der Waals surface area contributed by atoms with Crippen LogP contribution in [0.2, 0.25) is 0 Å². The Hall–Kier alpha value is -3.12. The largest absolute Gasteiger partial charge is 0.378 e. The monoisotopic (exact) mass is 432 g/mol. The minimum absolute atomic E-state index is 0.118. The predicted molar refractivity (Wildman–Crippen MR) is 129 cm³/mol. The molecule has 0 bridgehead atoms. The lowest BCUT2D eigenvalue weighted by Gasteiger charge is -2.40. The Balaban J connectivity index is 1.36. The number of benzene rings is 2. The minimum atomic E-state index is -0.853. The van der Waals surface area contributed by atoms with Crippen LogP contribution in [-0.4, -0.2) is 56.1 Å². The third-order valence-electron chi connectivity index (χ3n) is 6.66. The van der Waals surface area contributed by atoms with Crippen LogP contribution in [0.5, 0.6) is 0 Å². The quantitative estimate of drug-likeness (QED) is 0.659. The van der Waals surface area contributed by atoms with E-state index in [1.807, 2.05) is 44.4 Å². The van der Waals surface area contributed by atoms with Gasteiger partial charge in [0.1, 0.15) is 5.54 Å². The van der Waals surface area contributed by atoms with E-state index in [0.717, 1.165) is 38.0 Å². The van der Waals surface area contributed by atoms with Crippen molar-refractivity contribution in [1.82, 2.24) is 15.5 Å². The summed E-state index contributed by atoms with van der Waals surface area (Å²) in [5.41, 5.74) is 2.60. The SMILES string of the molecule is CN(C)c1ccc(/C=C/CN2CCC([C@]3(Cc4ccccc4)NC(=O)NC3=O)CC2)cc1. The van der Waals surface area contributed by atoms with Gasteiger partial charge in [0.05, 0.1) is 0 Å². The first-order chi connectivity index (χ1) is 15.5. The molecule has 2 fully saturated rings. The van der Waals surface area contributed by atoms with E-state index in [2.05, 4.69) is 56.9 Å². The van der Waals surface area contributed by atoms with Crippen molar-refractivity contribution in [2.24, 2.45) is 5.92 Å². The summed E-state index contributed by atoms with van der Waals surface area (Å²) < 4.78 is 0. The fraction of sp³-hybridized carbons (Fsp3) is 0.385. The molecule has 0 aromatic heterocycles. The molecule has 4 rings (SSSR count). The van der Waals surface area contributed by atoms with Gasteiger partial charge in [0, 0.05) is 32.7 Å². The van der Waals surface area contributed by atoms with E-state index in [-0.39, 0.29) is 17.9 Å². The lowest BCUT2D eigenvalue weighted by atomic mass is 9.74. The molecule has 2 aliphatic heterocycles. The lowest BCUT2D eigenvalue weighted by Crippen LogP contribution is -2.57. The summed E-state index contributed by atoms with van der Waals surface area (Å²) in [4.78, 5) is 29.4. The molecule has 0 radical (unpaired) electrons. The summed E-state index contributed by atoms with van der Waals surface area (Å²) in [6.07, 6.45) is 6.65. The molecule has 0 spiro atoms. The third kappa shape index (κ3) is 4.86. The molecule has 2 saturated heterocycles. The molecule has 2 aliphatic rings. The molecular formula is C26H32N4O2. The van der Waals surface area contributed by atoms with Gasteiger partial charge in [-0.15, -0.1) is 0 Å². The van der Waals surface area contributed by atoms with E-state index in [4.69, 9.17) is 0 Å². The number of imide groups is 1. The van der Waals surface area contributed by atoms with Crippen molar-refractivity contribution in [3.05, 3.63) is 71.8 Å². The van der Waals surface area contributed by atoms with Crippen LogP contribution in [-0.2, 0) is 11.2 Å². The van der Waals surface area contributed by atoms with Crippen molar-refractivity contribution >= 4 is 23.7 Å². The fourth-order valence-corrected chi connectivity index (χ4v) is 4.81. The van der Waals surface area contributed by atoms with E-state index >= 15 is 0 Å². The van der Waals surface area contributed by atoms with Gasteiger partial charge in [-0.1, -0.05) is 54.6 Å². The zero-order valence-electron chi connectivity index (χ0n) is 18.9. The van der Waals surface area contributed by atoms with Gasteiger partial charge in [0.25, 0.3) is 5.91 Å². The Morgan fingerprint density at radius 1 is 1.03 bits per heavy atom. The van der Waals surface area contributed by atoms with Crippen LogP contribution in [0, 0.1) is 5.92 Å². The van der Waals surface area contributed by atoms with E-state index < -0.39 is 5.54 Å².